The number of ether oxygens (including phenoxy) is 1. The molecule has 0 fully saturated rings. The molecule has 17 heavy (non-hydrogen) atoms. The first kappa shape index (κ1) is 12.4. The number of phenols is 1. The largest absolute Gasteiger partial charge is 0.508 e. The standard InChI is InChI=1S/C14H21NO2/c1-15(8-9-17-2)14-5-3-4-11-6-7-12(16)10-13(11)14/h6-7,10,14,16H,3-5,8-9H2,1-2H3. The first-order valence-electron chi connectivity index (χ1n) is 6.23. The molecule has 2 rings (SSSR count). The number of benzene rings is 1. The molecule has 0 saturated carbocycles. The minimum absolute atomic E-state index is 0.371. The van der Waals surface area contributed by atoms with Crippen molar-refractivity contribution in [2.75, 3.05) is 27.3 Å². The van der Waals surface area contributed by atoms with Gasteiger partial charge in [-0.2, -0.15) is 0 Å². The highest BCUT2D eigenvalue weighted by Gasteiger charge is 2.23. The third-order valence-electron chi connectivity index (χ3n) is 3.59. The molecule has 1 N–H and O–H groups in total. The quantitative estimate of drug-likeness (QED) is 0.869. The number of methoxy groups -OCH3 is 1. The van der Waals surface area contributed by atoms with E-state index in [0.717, 1.165) is 26.0 Å². The maximum absolute atomic E-state index is 9.62. The van der Waals surface area contributed by atoms with Gasteiger partial charge in [0.15, 0.2) is 0 Å². The fourth-order valence-corrected chi connectivity index (χ4v) is 2.61. The summed E-state index contributed by atoms with van der Waals surface area (Å²) >= 11 is 0. The van der Waals surface area contributed by atoms with Crippen molar-refractivity contribution in [1.29, 1.82) is 0 Å². The number of rotatable bonds is 4. The van der Waals surface area contributed by atoms with Gasteiger partial charge in [0, 0.05) is 19.7 Å². The van der Waals surface area contributed by atoms with Crippen LogP contribution in [0.1, 0.15) is 30.0 Å². The number of likely N-dealkylation sites (N-methyl/N-ethyl adjacent to an activating group) is 1. The van der Waals surface area contributed by atoms with Crippen LogP contribution in [-0.2, 0) is 11.2 Å². The van der Waals surface area contributed by atoms with Gasteiger partial charge >= 0.3 is 0 Å². The van der Waals surface area contributed by atoms with Crippen molar-refractivity contribution >= 4 is 0 Å². The van der Waals surface area contributed by atoms with Crippen molar-refractivity contribution in [2.45, 2.75) is 25.3 Å². The number of nitrogens with zero attached hydrogens (tertiary/aromatic N) is 1. The summed E-state index contributed by atoms with van der Waals surface area (Å²) in [6.45, 7) is 1.68. The Labute approximate surface area is 103 Å². The Morgan fingerprint density at radius 3 is 3.06 bits per heavy atom. The monoisotopic (exact) mass is 235 g/mol. The predicted octanol–water partition coefficient (Wildman–Crippen LogP) is 2.35. The third kappa shape index (κ3) is 2.79. The van der Waals surface area contributed by atoms with Crippen LogP contribution in [0.3, 0.4) is 0 Å². The topological polar surface area (TPSA) is 32.7 Å². The second kappa shape index (κ2) is 5.52. The molecule has 1 aromatic carbocycles. The van der Waals surface area contributed by atoms with E-state index in [1.807, 2.05) is 6.07 Å². The average Bonchev–Trinajstić information content (AvgIpc) is 2.35. The molecule has 1 atom stereocenters. The van der Waals surface area contributed by atoms with Crippen LogP contribution >= 0.6 is 0 Å². The molecule has 0 amide bonds. The van der Waals surface area contributed by atoms with Gasteiger partial charge in [-0.1, -0.05) is 6.07 Å². The highest BCUT2D eigenvalue weighted by Crippen LogP contribution is 2.35. The van der Waals surface area contributed by atoms with Crippen LogP contribution in [-0.4, -0.2) is 37.3 Å². The molecule has 3 heteroatoms. The van der Waals surface area contributed by atoms with Crippen LogP contribution in [0.2, 0.25) is 0 Å². The number of phenolic OH excluding ortho intramolecular Hbond substituents is 1. The number of hydrogen-bond acceptors (Lipinski definition) is 3. The van der Waals surface area contributed by atoms with Crippen LogP contribution in [0.25, 0.3) is 0 Å². The molecule has 1 aromatic rings. The predicted molar refractivity (Wildman–Crippen MR) is 68.3 cm³/mol. The summed E-state index contributed by atoms with van der Waals surface area (Å²) in [6, 6.07) is 6.18. The van der Waals surface area contributed by atoms with Crippen LogP contribution < -0.4 is 0 Å². The van der Waals surface area contributed by atoms with Gasteiger partial charge in [0.05, 0.1) is 6.61 Å². The van der Waals surface area contributed by atoms with Gasteiger partial charge in [-0.25, -0.2) is 0 Å². The lowest BCUT2D eigenvalue weighted by Gasteiger charge is -2.33. The van der Waals surface area contributed by atoms with Crippen molar-refractivity contribution in [1.82, 2.24) is 4.90 Å². The summed E-state index contributed by atoms with van der Waals surface area (Å²) < 4.78 is 5.12. The van der Waals surface area contributed by atoms with E-state index in [2.05, 4.69) is 18.0 Å². The van der Waals surface area contributed by atoms with Crippen LogP contribution in [0.5, 0.6) is 5.75 Å². The highest BCUT2D eigenvalue weighted by atomic mass is 16.5. The first-order chi connectivity index (χ1) is 8.22. The average molecular weight is 235 g/mol. The molecule has 0 radical (unpaired) electrons. The van der Waals surface area contributed by atoms with E-state index in [9.17, 15) is 5.11 Å². The van der Waals surface area contributed by atoms with E-state index in [0.29, 0.717) is 11.8 Å². The molecular formula is C14H21NO2. The van der Waals surface area contributed by atoms with Crippen molar-refractivity contribution < 1.29 is 9.84 Å². The van der Waals surface area contributed by atoms with Crippen molar-refractivity contribution in [3.8, 4) is 5.75 Å². The lowest BCUT2D eigenvalue weighted by molar-refractivity contribution is 0.132. The highest BCUT2D eigenvalue weighted by molar-refractivity contribution is 5.38. The fourth-order valence-electron chi connectivity index (χ4n) is 2.61. The molecule has 0 aliphatic heterocycles. The van der Waals surface area contributed by atoms with Crippen molar-refractivity contribution in [3.63, 3.8) is 0 Å². The Hall–Kier alpha value is -1.06. The summed E-state index contributed by atoms with van der Waals surface area (Å²) in [5, 5.41) is 9.62. The van der Waals surface area contributed by atoms with E-state index < -0.39 is 0 Å². The first-order valence-corrected chi connectivity index (χ1v) is 6.23. The zero-order valence-electron chi connectivity index (χ0n) is 10.6. The normalized spacial score (nSPS) is 19.4. The maximum Gasteiger partial charge on any atom is 0.115 e. The number of aromatic hydroxyl groups is 1. The molecule has 94 valence electrons. The zero-order valence-corrected chi connectivity index (χ0v) is 10.6. The molecule has 0 aromatic heterocycles. The second-order valence-electron chi connectivity index (χ2n) is 4.76. The fraction of sp³-hybridized carbons (Fsp3) is 0.571. The molecule has 1 aliphatic rings. The molecule has 0 saturated heterocycles. The number of fused-ring (bicyclic) bond motifs is 1. The maximum atomic E-state index is 9.62. The molecule has 0 heterocycles. The summed E-state index contributed by atoms with van der Waals surface area (Å²) in [5.41, 5.74) is 2.66. The smallest absolute Gasteiger partial charge is 0.115 e. The molecular weight excluding hydrogens is 214 g/mol. The number of aryl methyl sites for hydroxylation is 1. The zero-order chi connectivity index (χ0) is 12.3. The summed E-state index contributed by atoms with van der Waals surface area (Å²) in [6.07, 6.45) is 3.51. The van der Waals surface area contributed by atoms with Gasteiger partial charge in [-0.15, -0.1) is 0 Å². The van der Waals surface area contributed by atoms with Gasteiger partial charge < -0.3 is 9.84 Å². The van der Waals surface area contributed by atoms with Gasteiger partial charge in [0.2, 0.25) is 0 Å². The third-order valence-corrected chi connectivity index (χ3v) is 3.59. The van der Waals surface area contributed by atoms with Crippen molar-refractivity contribution in [3.05, 3.63) is 29.3 Å². The molecule has 3 nitrogen and oxygen atoms in total. The van der Waals surface area contributed by atoms with Gasteiger partial charge in [-0.3, -0.25) is 4.90 Å². The lowest BCUT2D eigenvalue weighted by atomic mass is 9.87. The SMILES string of the molecule is COCCN(C)C1CCCc2ccc(O)cc21. The van der Waals surface area contributed by atoms with E-state index in [1.54, 1.807) is 13.2 Å². The Bertz CT molecular complexity index is 378. The van der Waals surface area contributed by atoms with Gasteiger partial charge in [0.1, 0.15) is 5.75 Å². The van der Waals surface area contributed by atoms with Crippen LogP contribution in [0.4, 0.5) is 0 Å². The van der Waals surface area contributed by atoms with Crippen LogP contribution in [0, 0.1) is 0 Å². The minimum atomic E-state index is 0.371. The molecule has 1 unspecified atom stereocenters. The Morgan fingerprint density at radius 1 is 1.47 bits per heavy atom. The molecule has 0 spiro atoms. The van der Waals surface area contributed by atoms with Crippen LogP contribution in [0.15, 0.2) is 18.2 Å². The van der Waals surface area contributed by atoms with Gasteiger partial charge in [0.25, 0.3) is 0 Å². The van der Waals surface area contributed by atoms with E-state index in [4.69, 9.17) is 4.74 Å². The minimum Gasteiger partial charge on any atom is -0.508 e. The second-order valence-corrected chi connectivity index (χ2v) is 4.76. The Balaban J connectivity index is 2.18. The summed E-state index contributed by atoms with van der Waals surface area (Å²) in [7, 11) is 3.86. The Kier molecular flexibility index (Phi) is 4.02. The number of hydrogen-bond donors (Lipinski definition) is 1. The van der Waals surface area contributed by atoms with E-state index in [1.165, 1.54) is 17.5 Å². The van der Waals surface area contributed by atoms with Crippen molar-refractivity contribution in [2.24, 2.45) is 0 Å². The lowest BCUT2D eigenvalue weighted by Crippen LogP contribution is -2.30. The molecule has 0 bridgehead atoms. The van der Waals surface area contributed by atoms with Gasteiger partial charge in [-0.05, 0) is 49.6 Å². The molecule has 1 aliphatic carbocycles. The summed E-state index contributed by atoms with van der Waals surface area (Å²) in [4.78, 5) is 2.32. The van der Waals surface area contributed by atoms with E-state index >= 15 is 0 Å². The van der Waals surface area contributed by atoms with E-state index in [-0.39, 0.29) is 0 Å². The Morgan fingerprint density at radius 2 is 2.29 bits per heavy atom. The summed E-state index contributed by atoms with van der Waals surface area (Å²) in [5.74, 6) is 0.371.